The molecule has 2 rings (SSSR count). The lowest BCUT2D eigenvalue weighted by Gasteiger charge is -2.08. The van der Waals surface area contributed by atoms with Gasteiger partial charge in [-0.1, -0.05) is 36.8 Å². The number of aryl methyl sites for hydroxylation is 3. The molecule has 26 heavy (non-hydrogen) atoms. The zero-order valence-corrected chi connectivity index (χ0v) is 14.9. The van der Waals surface area contributed by atoms with Crippen LogP contribution in [-0.2, 0) is 11.2 Å². The van der Waals surface area contributed by atoms with Crippen molar-refractivity contribution in [2.45, 2.75) is 27.2 Å². The van der Waals surface area contributed by atoms with E-state index >= 15 is 0 Å². The van der Waals surface area contributed by atoms with Gasteiger partial charge >= 0.3 is 0 Å². The topological polar surface area (TPSA) is 96.0 Å². The molecule has 0 aromatic heterocycles. The Labute approximate surface area is 151 Å². The summed E-state index contributed by atoms with van der Waals surface area (Å²) in [6.07, 6.45) is 1.88. The number of anilines is 1. The van der Waals surface area contributed by atoms with Crippen molar-refractivity contribution in [2.24, 2.45) is 0 Å². The van der Waals surface area contributed by atoms with Crippen LogP contribution in [0.5, 0.6) is 0 Å². The number of nitriles is 1. The van der Waals surface area contributed by atoms with Crippen LogP contribution in [0.25, 0.3) is 6.08 Å². The van der Waals surface area contributed by atoms with E-state index in [0.717, 1.165) is 11.1 Å². The fourth-order valence-electron chi connectivity index (χ4n) is 2.60. The summed E-state index contributed by atoms with van der Waals surface area (Å²) >= 11 is 0. The lowest BCUT2D eigenvalue weighted by molar-refractivity contribution is -0.385. The Kier molecular flexibility index (Phi) is 5.86. The highest BCUT2D eigenvalue weighted by Crippen LogP contribution is 2.23. The van der Waals surface area contributed by atoms with E-state index in [1.54, 1.807) is 18.2 Å². The van der Waals surface area contributed by atoms with E-state index in [9.17, 15) is 20.2 Å². The third-order valence-electron chi connectivity index (χ3n) is 3.99. The third-order valence-corrected chi connectivity index (χ3v) is 3.99. The first kappa shape index (κ1) is 18.9. The molecule has 0 radical (unpaired) electrons. The number of carbonyl (C=O) groups is 1. The predicted octanol–water partition coefficient (Wildman–Crippen LogP) is 4.32. The van der Waals surface area contributed by atoms with E-state index < -0.39 is 10.8 Å². The molecule has 0 aliphatic carbocycles. The molecule has 0 aliphatic rings. The molecule has 0 spiro atoms. The quantitative estimate of drug-likeness (QED) is 0.376. The summed E-state index contributed by atoms with van der Waals surface area (Å²) in [5, 5.41) is 23.2. The van der Waals surface area contributed by atoms with Gasteiger partial charge in [-0.25, -0.2) is 0 Å². The molecule has 2 aromatic rings. The van der Waals surface area contributed by atoms with Crippen molar-refractivity contribution >= 4 is 23.4 Å². The van der Waals surface area contributed by atoms with Crippen LogP contribution in [0, 0.1) is 35.3 Å². The number of hydrogen-bond donors (Lipinski definition) is 1. The van der Waals surface area contributed by atoms with Crippen LogP contribution in [0.15, 0.2) is 42.0 Å². The van der Waals surface area contributed by atoms with Gasteiger partial charge in [0.05, 0.1) is 4.92 Å². The van der Waals surface area contributed by atoms with Gasteiger partial charge in [-0.2, -0.15) is 5.26 Å². The average molecular weight is 349 g/mol. The Hall–Kier alpha value is -3.46. The minimum atomic E-state index is -0.554. The minimum Gasteiger partial charge on any atom is -0.321 e. The molecule has 2 aromatic carbocycles. The largest absolute Gasteiger partial charge is 0.321 e. The average Bonchev–Trinajstić information content (AvgIpc) is 2.61. The third kappa shape index (κ3) is 4.33. The molecule has 0 saturated heterocycles. The second kappa shape index (κ2) is 8.08. The van der Waals surface area contributed by atoms with Gasteiger partial charge in [0.2, 0.25) is 0 Å². The van der Waals surface area contributed by atoms with Crippen molar-refractivity contribution in [2.75, 3.05) is 5.32 Å². The first-order valence-corrected chi connectivity index (χ1v) is 8.13. The normalized spacial score (nSPS) is 10.9. The fourth-order valence-corrected chi connectivity index (χ4v) is 2.60. The molecule has 0 aliphatic heterocycles. The van der Waals surface area contributed by atoms with Gasteiger partial charge in [0, 0.05) is 17.3 Å². The van der Waals surface area contributed by atoms with Crippen molar-refractivity contribution in [1.29, 1.82) is 5.26 Å². The van der Waals surface area contributed by atoms with E-state index in [1.165, 1.54) is 12.1 Å². The number of amides is 1. The molecule has 0 saturated carbocycles. The van der Waals surface area contributed by atoms with E-state index in [4.69, 9.17) is 0 Å². The van der Waals surface area contributed by atoms with Crippen LogP contribution >= 0.6 is 0 Å². The number of benzene rings is 2. The molecular formula is C20H19N3O3. The van der Waals surface area contributed by atoms with Crippen LogP contribution < -0.4 is 5.32 Å². The first-order valence-electron chi connectivity index (χ1n) is 8.13. The number of nitro benzene ring substituents is 1. The molecule has 0 bridgehead atoms. The minimum absolute atomic E-state index is 0.0201. The van der Waals surface area contributed by atoms with Crippen LogP contribution in [0.2, 0.25) is 0 Å². The number of nitrogens with zero attached hydrogens (tertiary/aromatic N) is 2. The molecule has 1 N–H and O–H groups in total. The van der Waals surface area contributed by atoms with Gasteiger partial charge < -0.3 is 5.32 Å². The Bertz CT molecular complexity index is 940. The number of nitrogens with one attached hydrogen (secondary N) is 1. The van der Waals surface area contributed by atoms with E-state index in [1.807, 2.05) is 39.0 Å². The summed E-state index contributed by atoms with van der Waals surface area (Å²) in [4.78, 5) is 23.1. The summed E-state index contributed by atoms with van der Waals surface area (Å²) in [6.45, 7) is 5.65. The number of carbonyl (C=O) groups excluding carboxylic acids is 1. The summed E-state index contributed by atoms with van der Waals surface area (Å²) in [5.41, 5.74) is 3.47. The van der Waals surface area contributed by atoms with Crippen molar-refractivity contribution < 1.29 is 9.72 Å². The van der Waals surface area contributed by atoms with Crippen molar-refractivity contribution in [3.05, 3.63) is 74.3 Å². The first-order chi connectivity index (χ1) is 12.3. The molecule has 0 heterocycles. The van der Waals surface area contributed by atoms with Gasteiger partial charge in [-0.3, -0.25) is 14.9 Å². The Morgan fingerprint density at radius 2 is 2.00 bits per heavy atom. The highest BCUT2D eigenvalue weighted by Gasteiger charge is 2.15. The van der Waals surface area contributed by atoms with Gasteiger partial charge in [-0.15, -0.1) is 0 Å². The zero-order valence-electron chi connectivity index (χ0n) is 14.9. The molecular weight excluding hydrogens is 330 g/mol. The summed E-state index contributed by atoms with van der Waals surface area (Å²) in [6, 6.07) is 12.1. The lowest BCUT2D eigenvalue weighted by atomic mass is 10.0. The van der Waals surface area contributed by atoms with Crippen molar-refractivity contribution in [3.63, 3.8) is 0 Å². The maximum atomic E-state index is 12.4. The smallest absolute Gasteiger partial charge is 0.273 e. The van der Waals surface area contributed by atoms with Crippen LogP contribution in [0.3, 0.4) is 0 Å². The van der Waals surface area contributed by atoms with Crippen molar-refractivity contribution in [1.82, 2.24) is 0 Å². The predicted molar refractivity (Wildman–Crippen MR) is 101 cm³/mol. The summed E-state index contributed by atoms with van der Waals surface area (Å²) < 4.78 is 0. The fraction of sp³-hybridized carbons (Fsp3) is 0.200. The second-order valence-corrected chi connectivity index (χ2v) is 5.94. The molecule has 0 atom stereocenters. The molecule has 1 amide bonds. The summed E-state index contributed by atoms with van der Waals surface area (Å²) in [5.74, 6) is -0.554. The Morgan fingerprint density at radius 3 is 2.58 bits per heavy atom. The molecule has 132 valence electrons. The lowest BCUT2D eigenvalue weighted by Crippen LogP contribution is -2.14. The van der Waals surface area contributed by atoms with E-state index in [2.05, 4.69) is 5.32 Å². The summed E-state index contributed by atoms with van der Waals surface area (Å²) in [7, 11) is 0. The highest BCUT2D eigenvalue weighted by molar-refractivity contribution is 6.10. The number of hydrogen-bond acceptors (Lipinski definition) is 4. The Morgan fingerprint density at radius 1 is 1.27 bits per heavy atom. The number of nitro groups is 1. The van der Waals surface area contributed by atoms with Crippen molar-refractivity contribution in [3.8, 4) is 6.07 Å². The van der Waals surface area contributed by atoms with Gasteiger partial charge in [0.1, 0.15) is 11.6 Å². The van der Waals surface area contributed by atoms with Crippen LogP contribution in [0.1, 0.15) is 29.2 Å². The van der Waals surface area contributed by atoms with Gasteiger partial charge in [-0.05, 0) is 43.5 Å². The van der Waals surface area contributed by atoms with E-state index in [0.29, 0.717) is 23.2 Å². The second-order valence-electron chi connectivity index (χ2n) is 5.94. The Balaban J connectivity index is 2.32. The maximum absolute atomic E-state index is 12.4. The monoisotopic (exact) mass is 349 g/mol. The maximum Gasteiger partial charge on any atom is 0.273 e. The highest BCUT2D eigenvalue weighted by atomic mass is 16.6. The van der Waals surface area contributed by atoms with Gasteiger partial charge in [0.15, 0.2) is 0 Å². The standard InChI is InChI=1S/C20H19N3O3/c1-4-16-7-6-15(11-19(16)23(25)26)10-17(12-21)20(24)22-18-8-5-13(2)9-14(18)3/h5-11H,4H2,1-3H3,(H,22,24)/b17-10+. The van der Waals surface area contributed by atoms with Gasteiger partial charge in [0.25, 0.3) is 11.6 Å². The molecule has 6 heteroatoms. The molecule has 0 fully saturated rings. The molecule has 0 unspecified atom stereocenters. The number of rotatable bonds is 5. The van der Waals surface area contributed by atoms with Crippen LogP contribution in [-0.4, -0.2) is 10.8 Å². The van der Waals surface area contributed by atoms with E-state index in [-0.39, 0.29) is 11.3 Å². The zero-order chi connectivity index (χ0) is 19.3. The SMILES string of the molecule is CCc1ccc(/C=C(\C#N)C(=O)Nc2ccc(C)cc2C)cc1[N+](=O)[O-]. The molecule has 6 nitrogen and oxygen atoms in total. The van der Waals surface area contributed by atoms with Crippen LogP contribution in [0.4, 0.5) is 11.4 Å².